The minimum atomic E-state index is 0.349. The summed E-state index contributed by atoms with van der Waals surface area (Å²) in [7, 11) is 0. The van der Waals surface area contributed by atoms with E-state index in [1.165, 1.54) is 32.1 Å². The summed E-state index contributed by atoms with van der Waals surface area (Å²) in [5, 5.41) is 9.07. The fraction of sp³-hybridized carbons (Fsp3) is 1.00. The molecule has 2 rings (SSSR count). The monoisotopic (exact) mass is 257 g/mol. The van der Waals surface area contributed by atoms with Crippen LogP contribution in [0.2, 0.25) is 0 Å². The Labute approximate surface area is 114 Å². The van der Waals surface area contributed by atoms with E-state index in [0.29, 0.717) is 18.1 Å². The maximum absolute atomic E-state index is 9.07. The first-order valence-electron chi connectivity index (χ1n) is 8.05. The smallest absolute Gasteiger partial charge is 0.0433 e. The van der Waals surface area contributed by atoms with Gasteiger partial charge in [-0.15, -0.1) is 0 Å². The molecule has 2 aliphatic carbocycles. The van der Waals surface area contributed by atoms with Gasteiger partial charge in [-0.1, -0.05) is 41.0 Å². The van der Waals surface area contributed by atoms with Crippen molar-refractivity contribution in [2.24, 2.45) is 23.0 Å². The van der Waals surface area contributed by atoms with Crippen LogP contribution < -0.4 is 5.73 Å². The van der Waals surface area contributed by atoms with Crippen LogP contribution in [0.15, 0.2) is 0 Å². The maximum atomic E-state index is 9.07. The Morgan fingerprint density at radius 3 is 2.28 bits per heavy atom. The van der Waals surface area contributed by atoms with E-state index in [-0.39, 0.29) is 0 Å². The van der Waals surface area contributed by atoms with Crippen molar-refractivity contribution in [1.29, 1.82) is 0 Å². The average Bonchev–Trinajstić information content (AvgIpc) is 2.74. The number of aliphatic hydroxyl groups excluding tert-OH is 1. The van der Waals surface area contributed by atoms with Crippen LogP contribution >= 0.6 is 0 Å². The van der Waals surface area contributed by atoms with Crippen molar-refractivity contribution in [2.75, 3.05) is 6.61 Å². The number of aliphatic hydroxyl groups is 1. The Bertz CT molecular complexity index is 207. The summed E-state index contributed by atoms with van der Waals surface area (Å²) in [6, 6.07) is 0.428. The second-order valence-electron chi connectivity index (χ2n) is 5.45. The Morgan fingerprint density at radius 1 is 1.11 bits per heavy atom. The quantitative estimate of drug-likeness (QED) is 0.786. The first-order chi connectivity index (χ1) is 8.68. The average molecular weight is 257 g/mol. The molecule has 2 nitrogen and oxygen atoms in total. The third-order valence-electron chi connectivity index (χ3n) is 4.85. The Kier molecular flexibility index (Phi) is 8.89. The SMILES string of the molecule is CC.CC.CC12CCCC(N)C1CCC2CCO. The number of hydrogen-bond acceptors (Lipinski definition) is 2. The molecule has 0 aromatic heterocycles. The van der Waals surface area contributed by atoms with Gasteiger partial charge < -0.3 is 10.8 Å². The van der Waals surface area contributed by atoms with E-state index >= 15 is 0 Å². The molecule has 0 saturated heterocycles. The molecule has 0 aliphatic heterocycles. The van der Waals surface area contributed by atoms with E-state index in [2.05, 4.69) is 6.92 Å². The zero-order valence-corrected chi connectivity index (χ0v) is 13.2. The standard InChI is InChI=1S/C12H23NO.2C2H6/c1-12-7-2-3-11(13)10(12)5-4-9(12)6-8-14;2*1-2/h9-11,14H,2-8,13H2,1H3;2*1-2H3. The molecule has 110 valence electrons. The summed E-state index contributed by atoms with van der Waals surface area (Å²) in [5.74, 6) is 1.46. The molecule has 0 spiro atoms. The highest BCUT2D eigenvalue weighted by Crippen LogP contribution is 2.55. The lowest BCUT2D eigenvalue weighted by atomic mass is 9.63. The highest BCUT2D eigenvalue weighted by atomic mass is 16.3. The van der Waals surface area contributed by atoms with Crippen LogP contribution in [0.25, 0.3) is 0 Å². The van der Waals surface area contributed by atoms with E-state index in [1.807, 2.05) is 27.7 Å². The van der Waals surface area contributed by atoms with Crippen molar-refractivity contribution in [3.63, 3.8) is 0 Å². The van der Waals surface area contributed by atoms with Gasteiger partial charge in [0, 0.05) is 12.6 Å². The molecule has 18 heavy (non-hydrogen) atoms. The predicted molar refractivity (Wildman–Crippen MR) is 80.5 cm³/mol. The van der Waals surface area contributed by atoms with Crippen LogP contribution in [0, 0.1) is 17.3 Å². The molecule has 2 saturated carbocycles. The summed E-state index contributed by atoms with van der Waals surface area (Å²) in [5.41, 5.74) is 6.65. The van der Waals surface area contributed by atoms with Crippen molar-refractivity contribution in [3.05, 3.63) is 0 Å². The first-order valence-corrected chi connectivity index (χ1v) is 8.05. The van der Waals surface area contributed by atoms with Crippen LogP contribution in [0.5, 0.6) is 0 Å². The maximum Gasteiger partial charge on any atom is 0.0433 e. The zero-order valence-electron chi connectivity index (χ0n) is 13.2. The molecule has 4 unspecified atom stereocenters. The summed E-state index contributed by atoms with van der Waals surface area (Å²) in [6.45, 7) is 10.8. The minimum absolute atomic E-state index is 0.349. The highest BCUT2D eigenvalue weighted by Gasteiger charge is 2.49. The minimum Gasteiger partial charge on any atom is -0.396 e. The second kappa shape index (κ2) is 8.92. The van der Waals surface area contributed by atoms with Gasteiger partial charge in [0.25, 0.3) is 0 Å². The number of fused-ring (bicyclic) bond motifs is 1. The highest BCUT2D eigenvalue weighted by molar-refractivity contribution is 5.01. The molecule has 2 aliphatic rings. The van der Waals surface area contributed by atoms with Gasteiger partial charge >= 0.3 is 0 Å². The van der Waals surface area contributed by atoms with E-state index in [0.717, 1.165) is 18.3 Å². The Balaban J connectivity index is 0.000000659. The van der Waals surface area contributed by atoms with Gasteiger partial charge in [0.1, 0.15) is 0 Å². The molecule has 2 fully saturated rings. The summed E-state index contributed by atoms with van der Waals surface area (Å²) < 4.78 is 0. The van der Waals surface area contributed by atoms with Crippen LogP contribution in [0.4, 0.5) is 0 Å². The molecule has 3 N–H and O–H groups in total. The topological polar surface area (TPSA) is 46.2 Å². The predicted octanol–water partition coefficient (Wildman–Crippen LogP) is 3.96. The Hall–Kier alpha value is -0.0800. The van der Waals surface area contributed by atoms with Crippen molar-refractivity contribution in [2.45, 2.75) is 79.2 Å². The lowest BCUT2D eigenvalue weighted by molar-refractivity contribution is 0.0690. The van der Waals surface area contributed by atoms with Gasteiger partial charge in [-0.3, -0.25) is 0 Å². The molecule has 0 heterocycles. The molecule has 2 heteroatoms. The normalized spacial score (nSPS) is 37.8. The van der Waals surface area contributed by atoms with Crippen molar-refractivity contribution >= 4 is 0 Å². The third kappa shape index (κ3) is 3.71. The number of hydrogen-bond donors (Lipinski definition) is 2. The van der Waals surface area contributed by atoms with Gasteiger partial charge in [-0.2, -0.15) is 0 Å². The first kappa shape index (κ1) is 17.9. The number of rotatable bonds is 2. The van der Waals surface area contributed by atoms with Crippen LogP contribution in [0.1, 0.15) is 73.1 Å². The van der Waals surface area contributed by atoms with Crippen molar-refractivity contribution in [1.82, 2.24) is 0 Å². The molecule has 0 amide bonds. The molecule has 4 atom stereocenters. The van der Waals surface area contributed by atoms with Gasteiger partial charge in [0.15, 0.2) is 0 Å². The van der Waals surface area contributed by atoms with E-state index in [9.17, 15) is 0 Å². The van der Waals surface area contributed by atoms with Gasteiger partial charge in [0.2, 0.25) is 0 Å². The summed E-state index contributed by atoms with van der Waals surface area (Å²) in [6.07, 6.45) is 7.40. The third-order valence-corrected chi connectivity index (χ3v) is 4.85. The number of nitrogens with two attached hydrogens (primary N) is 1. The van der Waals surface area contributed by atoms with E-state index in [1.54, 1.807) is 0 Å². The molecule has 0 aromatic rings. The largest absolute Gasteiger partial charge is 0.396 e. The second-order valence-corrected chi connectivity index (χ2v) is 5.45. The fourth-order valence-corrected chi connectivity index (χ4v) is 3.99. The van der Waals surface area contributed by atoms with Gasteiger partial charge in [-0.05, 0) is 49.4 Å². The summed E-state index contributed by atoms with van der Waals surface area (Å²) >= 11 is 0. The van der Waals surface area contributed by atoms with Crippen molar-refractivity contribution in [3.8, 4) is 0 Å². The van der Waals surface area contributed by atoms with Crippen LogP contribution in [0.3, 0.4) is 0 Å². The molecular formula is C16H35NO. The molecule has 0 aromatic carbocycles. The van der Waals surface area contributed by atoms with Crippen LogP contribution in [-0.4, -0.2) is 17.8 Å². The molecular weight excluding hydrogens is 222 g/mol. The molecule has 0 radical (unpaired) electrons. The van der Waals surface area contributed by atoms with Crippen LogP contribution in [-0.2, 0) is 0 Å². The van der Waals surface area contributed by atoms with Gasteiger partial charge in [-0.25, -0.2) is 0 Å². The van der Waals surface area contributed by atoms with E-state index < -0.39 is 0 Å². The van der Waals surface area contributed by atoms with Crippen molar-refractivity contribution < 1.29 is 5.11 Å². The fourth-order valence-electron chi connectivity index (χ4n) is 3.99. The molecule has 0 bridgehead atoms. The van der Waals surface area contributed by atoms with E-state index in [4.69, 9.17) is 10.8 Å². The lowest BCUT2D eigenvalue weighted by Crippen LogP contribution is -2.44. The lowest BCUT2D eigenvalue weighted by Gasteiger charge is -2.44. The Morgan fingerprint density at radius 2 is 1.72 bits per heavy atom. The zero-order chi connectivity index (χ0) is 14.2. The summed E-state index contributed by atoms with van der Waals surface area (Å²) in [4.78, 5) is 0. The van der Waals surface area contributed by atoms with Gasteiger partial charge in [0.05, 0.1) is 0 Å².